The zero-order chi connectivity index (χ0) is 24.9. The Morgan fingerprint density at radius 2 is 1.91 bits per heavy atom. The Hall–Kier alpha value is -4.00. The molecular formula is C28H27FN2O4. The number of Topliss-reactive ketones (excluding diaryl/α,β-unsaturated/α-hetero) is 1. The van der Waals surface area contributed by atoms with E-state index in [9.17, 15) is 19.1 Å². The molecule has 6 nitrogen and oxygen atoms in total. The number of pyridine rings is 1. The molecule has 180 valence electrons. The first-order chi connectivity index (χ1) is 16.9. The number of aliphatic hydroxyl groups is 1. The SMILES string of the molecule is CCCCOc1ccc([C@H]2C(=C(O)c3ccc(C)c(F)c3)C(=O)C(=O)N2Cc2cccnc2)cc1. The fourth-order valence-electron chi connectivity index (χ4n) is 4.05. The summed E-state index contributed by atoms with van der Waals surface area (Å²) in [5, 5.41) is 11.1. The number of ether oxygens (including phenoxy) is 1. The Bertz CT molecular complexity index is 1260. The van der Waals surface area contributed by atoms with Crippen LogP contribution >= 0.6 is 0 Å². The lowest BCUT2D eigenvalue weighted by Gasteiger charge is -2.25. The standard InChI is InChI=1S/C28H27FN2O4/c1-3-4-14-35-22-11-9-20(10-12-22)25-24(26(32)21-8-7-18(2)23(29)15-21)27(33)28(34)31(25)17-19-6-5-13-30-16-19/h5-13,15-16,25,32H,3-4,14,17H2,1-2H3/t25-/m0/s1. The van der Waals surface area contributed by atoms with Crippen molar-refractivity contribution in [2.45, 2.75) is 39.3 Å². The van der Waals surface area contributed by atoms with E-state index in [0.717, 1.165) is 18.4 Å². The van der Waals surface area contributed by atoms with Crippen molar-refractivity contribution in [3.05, 3.63) is 101 Å². The van der Waals surface area contributed by atoms with Gasteiger partial charge in [0.2, 0.25) is 0 Å². The van der Waals surface area contributed by atoms with E-state index >= 15 is 0 Å². The van der Waals surface area contributed by atoms with Crippen LogP contribution in [0.25, 0.3) is 5.76 Å². The van der Waals surface area contributed by atoms with Crippen molar-refractivity contribution in [2.24, 2.45) is 0 Å². The van der Waals surface area contributed by atoms with E-state index in [4.69, 9.17) is 4.74 Å². The van der Waals surface area contributed by atoms with E-state index in [1.54, 1.807) is 49.6 Å². The molecule has 2 heterocycles. The lowest BCUT2D eigenvalue weighted by molar-refractivity contribution is -0.140. The summed E-state index contributed by atoms with van der Waals surface area (Å²) in [6.45, 7) is 4.40. The summed E-state index contributed by atoms with van der Waals surface area (Å²) >= 11 is 0. The van der Waals surface area contributed by atoms with Crippen molar-refractivity contribution in [1.29, 1.82) is 0 Å². The van der Waals surface area contributed by atoms with Gasteiger partial charge in [0.1, 0.15) is 17.3 Å². The smallest absolute Gasteiger partial charge is 0.295 e. The molecule has 4 rings (SSSR count). The molecule has 2 aromatic carbocycles. The van der Waals surface area contributed by atoms with Gasteiger partial charge >= 0.3 is 0 Å². The molecule has 7 heteroatoms. The number of halogens is 1. The van der Waals surface area contributed by atoms with Crippen LogP contribution in [0.5, 0.6) is 5.75 Å². The summed E-state index contributed by atoms with van der Waals surface area (Å²) in [6.07, 6.45) is 5.19. The molecule has 1 aromatic heterocycles. The maximum absolute atomic E-state index is 14.2. The van der Waals surface area contributed by atoms with E-state index in [0.29, 0.717) is 23.5 Å². The predicted octanol–water partition coefficient (Wildman–Crippen LogP) is 5.33. The van der Waals surface area contributed by atoms with Crippen LogP contribution in [0.3, 0.4) is 0 Å². The van der Waals surface area contributed by atoms with E-state index in [1.165, 1.54) is 23.1 Å². The molecule has 1 atom stereocenters. The lowest BCUT2D eigenvalue weighted by atomic mass is 9.94. The number of aryl methyl sites for hydroxylation is 1. The highest BCUT2D eigenvalue weighted by Crippen LogP contribution is 2.40. The second-order valence-electron chi connectivity index (χ2n) is 8.52. The number of hydrogen-bond acceptors (Lipinski definition) is 5. The minimum atomic E-state index is -0.857. The topological polar surface area (TPSA) is 79.7 Å². The second kappa shape index (κ2) is 10.5. The van der Waals surface area contributed by atoms with Gasteiger partial charge in [0.25, 0.3) is 11.7 Å². The molecule has 1 fully saturated rings. The Balaban J connectivity index is 1.78. The summed E-state index contributed by atoms with van der Waals surface area (Å²) in [7, 11) is 0. The van der Waals surface area contributed by atoms with Gasteiger partial charge in [-0.15, -0.1) is 0 Å². The fourth-order valence-corrected chi connectivity index (χ4v) is 4.05. The number of hydrogen-bond donors (Lipinski definition) is 1. The number of amides is 1. The molecular weight excluding hydrogens is 447 g/mol. The van der Waals surface area contributed by atoms with Crippen molar-refractivity contribution in [3.8, 4) is 5.75 Å². The van der Waals surface area contributed by atoms with Gasteiger partial charge in [-0.2, -0.15) is 0 Å². The summed E-state index contributed by atoms with van der Waals surface area (Å²) in [6, 6.07) is 14.0. The van der Waals surface area contributed by atoms with Crippen molar-refractivity contribution < 1.29 is 23.8 Å². The zero-order valence-corrected chi connectivity index (χ0v) is 19.7. The molecule has 1 saturated heterocycles. The van der Waals surface area contributed by atoms with Crippen molar-refractivity contribution in [1.82, 2.24) is 9.88 Å². The van der Waals surface area contributed by atoms with Crippen LogP contribution < -0.4 is 4.74 Å². The number of nitrogens with zero attached hydrogens (tertiary/aromatic N) is 2. The van der Waals surface area contributed by atoms with Crippen LogP contribution in [0, 0.1) is 12.7 Å². The average Bonchev–Trinajstić information content (AvgIpc) is 3.11. The van der Waals surface area contributed by atoms with Gasteiger partial charge in [-0.3, -0.25) is 14.6 Å². The monoisotopic (exact) mass is 474 g/mol. The number of ketones is 1. The normalized spacial score (nSPS) is 17.1. The molecule has 0 aliphatic carbocycles. The van der Waals surface area contributed by atoms with Gasteiger partial charge in [0.05, 0.1) is 18.2 Å². The third-order valence-electron chi connectivity index (χ3n) is 6.02. The van der Waals surface area contributed by atoms with Crippen LogP contribution in [-0.4, -0.2) is 33.3 Å². The largest absolute Gasteiger partial charge is 0.507 e. The molecule has 0 bridgehead atoms. The predicted molar refractivity (Wildman–Crippen MR) is 130 cm³/mol. The lowest BCUT2D eigenvalue weighted by Crippen LogP contribution is -2.29. The molecule has 3 aromatic rings. The summed E-state index contributed by atoms with van der Waals surface area (Å²) in [4.78, 5) is 31.8. The molecule has 1 amide bonds. The molecule has 1 N–H and O–H groups in total. The maximum Gasteiger partial charge on any atom is 0.295 e. The number of carbonyl (C=O) groups is 2. The molecule has 1 aliphatic rings. The minimum Gasteiger partial charge on any atom is -0.507 e. The van der Waals surface area contributed by atoms with Crippen LogP contribution in [0.4, 0.5) is 4.39 Å². The molecule has 35 heavy (non-hydrogen) atoms. The highest BCUT2D eigenvalue weighted by Gasteiger charge is 2.46. The van der Waals surface area contributed by atoms with Crippen molar-refractivity contribution in [2.75, 3.05) is 6.61 Å². The third kappa shape index (κ3) is 5.09. The Kier molecular flexibility index (Phi) is 7.25. The number of aliphatic hydroxyl groups excluding tert-OH is 1. The van der Waals surface area contributed by atoms with Crippen LogP contribution in [-0.2, 0) is 16.1 Å². The fraction of sp³-hybridized carbons (Fsp3) is 0.250. The van der Waals surface area contributed by atoms with Crippen LogP contribution in [0.1, 0.15) is 48.1 Å². The summed E-state index contributed by atoms with van der Waals surface area (Å²) in [5.41, 5.74) is 1.83. The average molecular weight is 475 g/mol. The van der Waals surface area contributed by atoms with Gasteiger partial charge in [-0.1, -0.05) is 43.7 Å². The number of likely N-dealkylation sites (tertiary alicyclic amines) is 1. The molecule has 1 aliphatic heterocycles. The first-order valence-corrected chi connectivity index (χ1v) is 11.6. The number of rotatable bonds is 8. The number of benzene rings is 2. The highest BCUT2D eigenvalue weighted by atomic mass is 19.1. The first kappa shape index (κ1) is 24.1. The summed E-state index contributed by atoms with van der Waals surface area (Å²) < 4.78 is 20.0. The third-order valence-corrected chi connectivity index (χ3v) is 6.02. The Labute approximate surface area is 203 Å². The van der Waals surface area contributed by atoms with E-state index in [2.05, 4.69) is 11.9 Å². The van der Waals surface area contributed by atoms with Crippen LogP contribution in [0.2, 0.25) is 0 Å². The summed E-state index contributed by atoms with van der Waals surface area (Å²) in [5.74, 6) is -1.81. The van der Waals surface area contributed by atoms with E-state index in [-0.39, 0.29) is 17.7 Å². The highest BCUT2D eigenvalue weighted by molar-refractivity contribution is 6.46. The first-order valence-electron chi connectivity index (χ1n) is 11.6. The zero-order valence-electron chi connectivity index (χ0n) is 19.7. The van der Waals surface area contributed by atoms with Crippen molar-refractivity contribution in [3.63, 3.8) is 0 Å². The van der Waals surface area contributed by atoms with Gasteiger partial charge in [0.15, 0.2) is 0 Å². The van der Waals surface area contributed by atoms with Gasteiger partial charge in [0, 0.05) is 24.5 Å². The Morgan fingerprint density at radius 3 is 2.57 bits per heavy atom. The maximum atomic E-state index is 14.2. The number of unbranched alkanes of at least 4 members (excludes halogenated alkanes) is 1. The number of carbonyl (C=O) groups excluding carboxylic acids is 2. The minimum absolute atomic E-state index is 0.0817. The quantitative estimate of drug-likeness (QED) is 0.207. The molecule has 0 unspecified atom stereocenters. The van der Waals surface area contributed by atoms with Crippen LogP contribution in [0.15, 0.2) is 72.6 Å². The van der Waals surface area contributed by atoms with Crippen molar-refractivity contribution >= 4 is 17.4 Å². The molecule has 0 saturated carbocycles. The molecule has 0 radical (unpaired) electrons. The molecule has 0 spiro atoms. The van der Waals surface area contributed by atoms with Gasteiger partial charge in [-0.05, 0) is 54.3 Å². The number of aromatic nitrogens is 1. The van der Waals surface area contributed by atoms with Gasteiger partial charge < -0.3 is 14.7 Å². The Morgan fingerprint density at radius 1 is 1.14 bits per heavy atom. The van der Waals surface area contributed by atoms with Gasteiger partial charge in [-0.25, -0.2) is 4.39 Å². The second-order valence-corrected chi connectivity index (χ2v) is 8.52. The van der Waals surface area contributed by atoms with E-state index < -0.39 is 29.3 Å². The van der Waals surface area contributed by atoms with E-state index in [1.807, 2.05) is 6.07 Å².